The number of aromatic nitrogens is 2. The van der Waals surface area contributed by atoms with Crippen molar-refractivity contribution in [3.05, 3.63) is 71.8 Å². The Morgan fingerprint density at radius 1 is 1.05 bits per heavy atom. The number of ether oxygens (including phenoxy) is 3. The van der Waals surface area contributed by atoms with E-state index in [1.54, 1.807) is 24.5 Å². The molecule has 1 aliphatic rings. The summed E-state index contributed by atoms with van der Waals surface area (Å²) in [7, 11) is 1.62. The molecule has 0 spiro atoms. The Labute approximate surface area is 224 Å². The van der Waals surface area contributed by atoms with E-state index >= 15 is 0 Å². The average molecular weight is 523 g/mol. The van der Waals surface area contributed by atoms with Gasteiger partial charge in [-0.05, 0) is 54.8 Å². The first kappa shape index (κ1) is 27.5. The van der Waals surface area contributed by atoms with E-state index in [1.807, 2.05) is 54.1 Å². The van der Waals surface area contributed by atoms with Crippen LogP contribution < -0.4 is 14.2 Å². The zero-order valence-electron chi connectivity index (χ0n) is 22.7. The van der Waals surface area contributed by atoms with Crippen molar-refractivity contribution >= 4 is 5.91 Å². The lowest BCUT2D eigenvalue weighted by Gasteiger charge is -2.33. The molecule has 0 bridgehead atoms. The summed E-state index contributed by atoms with van der Waals surface area (Å²) in [6.07, 6.45) is 5.39. The maximum absolute atomic E-state index is 12.3. The van der Waals surface area contributed by atoms with Crippen molar-refractivity contribution in [2.24, 2.45) is 0 Å². The number of β-amino-alcohol motifs (C(OH)–C–C–N with tert-alkyl or cyclic N) is 1. The first-order valence-corrected chi connectivity index (χ1v) is 12.9. The van der Waals surface area contributed by atoms with E-state index in [4.69, 9.17) is 14.2 Å². The van der Waals surface area contributed by atoms with Crippen LogP contribution in [0.3, 0.4) is 0 Å². The highest BCUT2D eigenvalue weighted by molar-refractivity contribution is 5.73. The smallest absolute Gasteiger partial charge is 0.219 e. The first-order valence-electron chi connectivity index (χ1n) is 12.9. The molecule has 2 aromatic carbocycles. The molecule has 9 nitrogen and oxygen atoms in total. The van der Waals surface area contributed by atoms with Crippen LogP contribution in [0.25, 0.3) is 0 Å². The SMILES string of the molecule is COc1ccc(CN2CCN(C(C)=O)C[C@](O)(COc3ccc(C)c(C)c3)C2)cc1OCCn1ccnc1. The predicted molar refractivity (Wildman–Crippen MR) is 145 cm³/mol. The standard InChI is InChI=1S/C29H38N4O5/c1-22-5-7-26(15-23(22)2)38-20-29(35)18-32(11-12-33(19-29)24(3)34)17-25-6-8-27(36-4)28(16-25)37-14-13-31-10-9-30-21-31/h5-10,15-16,21,35H,11-14,17-20H2,1-4H3/t29-/m0/s1. The number of aryl methyl sites for hydroxylation is 2. The normalized spacial score (nSPS) is 18.2. The Balaban J connectivity index is 1.45. The minimum atomic E-state index is -1.22. The maximum atomic E-state index is 12.3. The molecule has 0 radical (unpaired) electrons. The Morgan fingerprint density at radius 2 is 1.89 bits per heavy atom. The van der Waals surface area contributed by atoms with Gasteiger partial charge in [-0.1, -0.05) is 12.1 Å². The van der Waals surface area contributed by atoms with Gasteiger partial charge < -0.3 is 28.8 Å². The van der Waals surface area contributed by atoms with Crippen LogP contribution in [0.15, 0.2) is 55.1 Å². The van der Waals surface area contributed by atoms with Crippen LogP contribution >= 0.6 is 0 Å². The van der Waals surface area contributed by atoms with Gasteiger partial charge in [-0.3, -0.25) is 9.69 Å². The fraction of sp³-hybridized carbons (Fsp3) is 0.448. The van der Waals surface area contributed by atoms with Gasteiger partial charge >= 0.3 is 0 Å². The summed E-state index contributed by atoms with van der Waals surface area (Å²) < 4.78 is 19.5. The number of benzene rings is 2. The maximum Gasteiger partial charge on any atom is 0.219 e. The number of hydrogen-bond donors (Lipinski definition) is 1. The van der Waals surface area contributed by atoms with E-state index in [-0.39, 0.29) is 19.1 Å². The molecule has 1 atom stereocenters. The molecule has 3 aromatic rings. The molecule has 0 saturated carbocycles. The molecule has 38 heavy (non-hydrogen) atoms. The van der Waals surface area contributed by atoms with Crippen LogP contribution in [0.4, 0.5) is 0 Å². The predicted octanol–water partition coefficient (Wildman–Crippen LogP) is 3.06. The molecule has 1 amide bonds. The number of carbonyl (C=O) groups excluding carboxylic acids is 1. The highest BCUT2D eigenvalue weighted by Crippen LogP contribution is 2.29. The zero-order chi connectivity index (χ0) is 27.1. The number of aliphatic hydroxyl groups is 1. The Morgan fingerprint density at radius 3 is 2.61 bits per heavy atom. The number of amides is 1. The summed E-state index contributed by atoms with van der Waals surface area (Å²) in [6, 6.07) is 11.8. The average Bonchev–Trinajstić information content (AvgIpc) is 3.34. The van der Waals surface area contributed by atoms with E-state index in [0.717, 1.165) is 11.1 Å². The van der Waals surface area contributed by atoms with Crippen molar-refractivity contribution in [2.45, 2.75) is 39.5 Å². The molecular formula is C29H38N4O5. The lowest BCUT2D eigenvalue weighted by molar-refractivity contribution is -0.132. The first-order chi connectivity index (χ1) is 18.2. The molecule has 1 saturated heterocycles. The molecule has 1 N–H and O–H groups in total. The lowest BCUT2D eigenvalue weighted by atomic mass is 10.0. The third kappa shape index (κ3) is 7.26. The number of rotatable bonds is 10. The molecule has 2 heterocycles. The van der Waals surface area contributed by atoms with Crippen LogP contribution in [0.5, 0.6) is 17.2 Å². The summed E-state index contributed by atoms with van der Waals surface area (Å²) in [5.41, 5.74) is 2.11. The van der Waals surface area contributed by atoms with Gasteiger partial charge in [-0.25, -0.2) is 4.98 Å². The van der Waals surface area contributed by atoms with Crippen LogP contribution in [0, 0.1) is 13.8 Å². The second-order valence-corrected chi connectivity index (χ2v) is 10.0. The van der Waals surface area contributed by atoms with E-state index in [9.17, 15) is 9.90 Å². The summed E-state index contributed by atoms with van der Waals surface area (Å²) in [5, 5.41) is 11.6. The highest BCUT2D eigenvalue weighted by atomic mass is 16.5. The fourth-order valence-corrected chi connectivity index (χ4v) is 4.63. The molecule has 204 valence electrons. The molecule has 0 aliphatic carbocycles. The van der Waals surface area contributed by atoms with E-state index in [0.29, 0.717) is 56.6 Å². The summed E-state index contributed by atoms with van der Waals surface area (Å²) in [6.45, 7) is 9.19. The fourth-order valence-electron chi connectivity index (χ4n) is 4.63. The molecular weight excluding hydrogens is 484 g/mol. The van der Waals surface area contributed by atoms with Gasteiger partial charge in [0.05, 0.1) is 26.5 Å². The molecule has 0 unspecified atom stereocenters. The summed E-state index contributed by atoms with van der Waals surface area (Å²) in [4.78, 5) is 20.2. The van der Waals surface area contributed by atoms with Crippen molar-refractivity contribution in [3.8, 4) is 17.2 Å². The Hall–Kier alpha value is -3.56. The molecule has 1 aromatic heterocycles. The molecule has 1 aliphatic heterocycles. The van der Waals surface area contributed by atoms with Crippen molar-refractivity contribution in [1.29, 1.82) is 0 Å². The van der Waals surface area contributed by atoms with E-state index in [1.165, 1.54) is 12.5 Å². The molecule has 4 rings (SSSR count). The van der Waals surface area contributed by atoms with Gasteiger partial charge in [0.1, 0.15) is 24.6 Å². The monoisotopic (exact) mass is 522 g/mol. The van der Waals surface area contributed by atoms with Crippen molar-refractivity contribution in [1.82, 2.24) is 19.4 Å². The minimum Gasteiger partial charge on any atom is -0.493 e. The number of methoxy groups -OCH3 is 1. The largest absolute Gasteiger partial charge is 0.493 e. The van der Waals surface area contributed by atoms with Gasteiger partial charge in [0.25, 0.3) is 0 Å². The van der Waals surface area contributed by atoms with Crippen molar-refractivity contribution in [2.75, 3.05) is 46.5 Å². The third-order valence-corrected chi connectivity index (χ3v) is 6.92. The number of nitrogens with zero attached hydrogens (tertiary/aromatic N) is 4. The van der Waals surface area contributed by atoms with Gasteiger partial charge in [-0.15, -0.1) is 0 Å². The Bertz CT molecular complexity index is 1220. The molecule has 9 heteroatoms. The zero-order valence-corrected chi connectivity index (χ0v) is 22.7. The Kier molecular flexibility index (Phi) is 8.91. The van der Waals surface area contributed by atoms with Gasteiger partial charge in [0.15, 0.2) is 11.5 Å². The van der Waals surface area contributed by atoms with Crippen molar-refractivity contribution in [3.63, 3.8) is 0 Å². The minimum absolute atomic E-state index is 0.0607. The highest BCUT2D eigenvalue weighted by Gasteiger charge is 2.37. The summed E-state index contributed by atoms with van der Waals surface area (Å²) >= 11 is 0. The third-order valence-electron chi connectivity index (χ3n) is 6.92. The molecule has 1 fully saturated rings. The number of hydrogen-bond acceptors (Lipinski definition) is 7. The number of imidazole rings is 1. The van der Waals surface area contributed by atoms with Crippen LogP contribution in [-0.2, 0) is 17.9 Å². The topological polar surface area (TPSA) is 89.3 Å². The summed E-state index contributed by atoms with van der Waals surface area (Å²) in [5.74, 6) is 1.98. The second-order valence-electron chi connectivity index (χ2n) is 10.0. The van der Waals surface area contributed by atoms with Gasteiger partial charge in [-0.2, -0.15) is 0 Å². The van der Waals surface area contributed by atoms with E-state index in [2.05, 4.69) is 16.8 Å². The quantitative estimate of drug-likeness (QED) is 0.438. The lowest BCUT2D eigenvalue weighted by Crippen LogP contribution is -2.51. The number of carbonyl (C=O) groups is 1. The van der Waals surface area contributed by atoms with Crippen molar-refractivity contribution < 1.29 is 24.1 Å². The van der Waals surface area contributed by atoms with Crippen LogP contribution in [0.1, 0.15) is 23.6 Å². The van der Waals surface area contributed by atoms with E-state index < -0.39 is 5.60 Å². The van der Waals surface area contributed by atoms with Crippen LogP contribution in [-0.4, -0.2) is 82.5 Å². The second kappa shape index (κ2) is 12.3. The van der Waals surface area contributed by atoms with Gasteiger partial charge in [0, 0.05) is 45.5 Å². The van der Waals surface area contributed by atoms with Crippen LogP contribution in [0.2, 0.25) is 0 Å². The van der Waals surface area contributed by atoms with Gasteiger partial charge in [0.2, 0.25) is 5.91 Å².